The Kier molecular flexibility index (Phi) is 3.29. The van der Waals surface area contributed by atoms with Crippen LogP contribution in [-0.2, 0) is 6.42 Å². The van der Waals surface area contributed by atoms with E-state index in [0.29, 0.717) is 13.0 Å². The maximum Gasteiger partial charge on any atom is 0.335 e. The second kappa shape index (κ2) is 5.00. The second-order valence-corrected chi connectivity index (χ2v) is 6.46. The molecule has 0 unspecified atom stereocenters. The number of rotatable bonds is 2. The van der Waals surface area contributed by atoms with E-state index in [4.69, 9.17) is 5.11 Å². The van der Waals surface area contributed by atoms with Crippen molar-refractivity contribution < 1.29 is 14.7 Å². The van der Waals surface area contributed by atoms with Crippen molar-refractivity contribution in [2.24, 2.45) is 0 Å². The van der Waals surface area contributed by atoms with Crippen molar-refractivity contribution in [1.29, 1.82) is 0 Å². The number of fused-ring (bicyclic) bond motifs is 1. The van der Waals surface area contributed by atoms with Gasteiger partial charge in [-0.2, -0.15) is 0 Å². The molecule has 4 nitrogen and oxygen atoms in total. The van der Waals surface area contributed by atoms with Gasteiger partial charge in [-0.05, 0) is 55.7 Å². The van der Waals surface area contributed by atoms with Crippen LogP contribution in [0.1, 0.15) is 36.0 Å². The Morgan fingerprint density at radius 1 is 1.24 bits per heavy atom. The summed E-state index contributed by atoms with van der Waals surface area (Å²) < 4.78 is 0. The predicted molar refractivity (Wildman–Crippen MR) is 82.6 cm³/mol. The van der Waals surface area contributed by atoms with Crippen LogP contribution in [0.4, 0.5) is 5.69 Å². The molecule has 0 spiro atoms. The van der Waals surface area contributed by atoms with Gasteiger partial charge in [-0.15, -0.1) is 11.3 Å². The van der Waals surface area contributed by atoms with Crippen molar-refractivity contribution in [2.75, 3.05) is 11.4 Å². The monoisotopic (exact) mass is 301 g/mol. The molecule has 108 valence electrons. The Morgan fingerprint density at radius 3 is 2.62 bits per heavy atom. The number of thiophene rings is 1. The topological polar surface area (TPSA) is 57.6 Å². The van der Waals surface area contributed by atoms with E-state index in [1.807, 2.05) is 19.9 Å². The highest BCUT2D eigenvalue weighted by atomic mass is 32.1. The molecule has 0 bridgehead atoms. The van der Waals surface area contributed by atoms with Gasteiger partial charge in [0.2, 0.25) is 0 Å². The molecule has 0 radical (unpaired) electrons. The molecule has 1 aromatic heterocycles. The van der Waals surface area contributed by atoms with Gasteiger partial charge in [-0.3, -0.25) is 4.79 Å². The van der Waals surface area contributed by atoms with E-state index < -0.39 is 5.97 Å². The summed E-state index contributed by atoms with van der Waals surface area (Å²) in [6.07, 6.45) is 0.700. The van der Waals surface area contributed by atoms with E-state index in [0.717, 1.165) is 26.6 Å². The van der Waals surface area contributed by atoms with Crippen LogP contribution in [0.15, 0.2) is 24.3 Å². The van der Waals surface area contributed by atoms with Gasteiger partial charge in [-0.25, -0.2) is 4.79 Å². The normalized spacial score (nSPS) is 13.3. The van der Waals surface area contributed by atoms with E-state index in [-0.39, 0.29) is 11.5 Å². The predicted octanol–water partition coefficient (Wildman–Crippen LogP) is 3.27. The summed E-state index contributed by atoms with van der Waals surface area (Å²) in [7, 11) is 0. The van der Waals surface area contributed by atoms with Crippen LogP contribution in [0, 0.1) is 13.8 Å². The van der Waals surface area contributed by atoms with Crippen molar-refractivity contribution in [3.05, 3.63) is 50.7 Å². The highest BCUT2D eigenvalue weighted by Gasteiger charge is 2.27. The molecule has 1 aliphatic rings. The Labute approximate surface area is 126 Å². The molecule has 1 aliphatic heterocycles. The standard InChI is InChI=1S/C16H15NO3S/c1-9-7-14(21-10(9)2)15(18)17-6-5-11-8-12(16(19)20)3-4-13(11)17/h3-4,7-8H,5-6H2,1-2H3,(H,19,20). The number of aryl methyl sites for hydroxylation is 2. The highest BCUT2D eigenvalue weighted by molar-refractivity contribution is 7.14. The number of amides is 1. The van der Waals surface area contributed by atoms with E-state index in [9.17, 15) is 9.59 Å². The lowest BCUT2D eigenvalue weighted by Gasteiger charge is -2.16. The maximum absolute atomic E-state index is 12.6. The van der Waals surface area contributed by atoms with Gasteiger partial charge >= 0.3 is 5.97 Å². The van der Waals surface area contributed by atoms with E-state index in [2.05, 4.69) is 0 Å². The molecule has 0 saturated heterocycles. The molecule has 0 saturated carbocycles. The van der Waals surface area contributed by atoms with Crippen LogP contribution >= 0.6 is 11.3 Å². The third-order valence-electron chi connectivity index (χ3n) is 3.84. The first-order chi connectivity index (χ1) is 9.97. The summed E-state index contributed by atoms with van der Waals surface area (Å²) in [6, 6.07) is 6.87. The summed E-state index contributed by atoms with van der Waals surface area (Å²) in [5.41, 5.74) is 3.15. The molecule has 1 aromatic carbocycles. The van der Waals surface area contributed by atoms with Crippen molar-refractivity contribution >= 4 is 28.9 Å². The SMILES string of the molecule is Cc1cc(C(=O)N2CCc3cc(C(=O)O)ccc32)sc1C. The van der Waals surface area contributed by atoms with E-state index >= 15 is 0 Å². The number of carbonyl (C=O) groups excluding carboxylic acids is 1. The van der Waals surface area contributed by atoms with Gasteiger partial charge in [0.15, 0.2) is 0 Å². The van der Waals surface area contributed by atoms with Crippen LogP contribution in [0.2, 0.25) is 0 Å². The van der Waals surface area contributed by atoms with Crippen LogP contribution in [0.3, 0.4) is 0 Å². The zero-order valence-electron chi connectivity index (χ0n) is 11.8. The molecule has 1 N–H and O–H groups in total. The fraction of sp³-hybridized carbons (Fsp3) is 0.250. The van der Waals surface area contributed by atoms with Gasteiger partial charge in [0.25, 0.3) is 5.91 Å². The van der Waals surface area contributed by atoms with E-state index in [1.165, 1.54) is 11.3 Å². The quantitative estimate of drug-likeness (QED) is 0.926. The average Bonchev–Trinajstić information content (AvgIpc) is 3.01. The molecule has 2 heterocycles. The molecular formula is C16H15NO3S. The summed E-state index contributed by atoms with van der Waals surface area (Å²) in [4.78, 5) is 27.2. The van der Waals surface area contributed by atoms with Crippen LogP contribution in [0.5, 0.6) is 0 Å². The number of anilines is 1. The van der Waals surface area contributed by atoms with Gasteiger partial charge in [0.05, 0.1) is 10.4 Å². The van der Waals surface area contributed by atoms with Gasteiger partial charge in [-0.1, -0.05) is 0 Å². The Morgan fingerprint density at radius 2 is 2.00 bits per heavy atom. The average molecular weight is 301 g/mol. The third-order valence-corrected chi connectivity index (χ3v) is 4.98. The first-order valence-corrected chi connectivity index (χ1v) is 7.54. The zero-order valence-corrected chi connectivity index (χ0v) is 12.7. The smallest absolute Gasteiger partial charge is 0.335 e. The number of hydrogen-bond donors (Lipinski definition) is 1. The van der Waals surface area contributed by atoms with Gasteiger partial charge < -0.3 is 10.0 Å². The number of hydrogen-bond acceptors (Lipinski definition) is 3. The number of nitrogens with zero attached hydrogens (tertiary/aromatic N) is 1. The number of carboxylic acids is 1. The summed E-state index contributed by atoms with van der Waals surface area (Å²) in [5.74, 6) is -0.940. The zero-order chi connectivity index (χ0) is 15.1. The van der Waals surface area contributed by atoms with Crippen molar-refractivity contribution in [2.45, 2.75) is 20.3 Å². The van der Waals surface area contributed by atoms with Crippen LogP contribution in [-0.4, -0.2) is 23.5 Å². The molecule has 0 fully saturated rings. The molecule has 0 atom stereocenters. The summed E-state index contributed by atoms with van der Waals surface area (Å²) in [6.45, 7) is 4.61. The minimum atomic E-state index is -0.938. The lowest BCUT2D eigenvalue weighted by Crippen LogP contribution is -2.28. The largest absolute Gasteiger partial charge is 0.478 e. The molecule has 5 heteroatoms. The first-order valence-electron chi connectivity index (χ1n) is 6.72. The van der Waals surface area contributed by atoms with Gasteiger partial charge in [0.1, 0.15) is 0 Å². The second-order valence-electron chi connectivity index (χ2n) is 5.21. The Hall–Kier alpha value is -2.14. The van der Waals surface area contributed by atoms with Gasteiger partial charge in [0, 0.05) is 17.1 Å². The van der Waals surface area contributed by atoms with E-state index in [1.54, 1.807) is 23.1 Å². The number of carboxylic acid groups (broad SMARTS) is 1. The number of benzene rings is 1. The van der Waals surface area contributed by atoms with Crippen LogP contribution < -0.4 is 4.90 Å². The van der Waals surface area contributed by atoms with Crippen LogP contribution in [0.25, 0.3) is 0 Å². The van der Waals surface area contributed by atoms with Crippen molar-refractivity contribution in [1.82, 2.24) is 0 Å². The number of carbonyl (C=O) groups is 2. The van der Waals surface area contributed by atoms with Crippen molar-refractivity contribution in [3.8, 4) is 0 Å². The summed E-state index contributed by atoms with van der Waals surface area (Å²) in [5, 5.41) is 9.02. The molecule has 21 heavy (non-hydrogen) atoms. The fourth-order valence-electron chi connectivity index (χ4n) is 2.56. The Bertz CT molecular complexity index is 728. The molecule has 3 rings (SSSR count). The molecule has 0 aliphatic carbocycles. The molecular weight excluding hydrogens is 286 g/mol. The Balaban J connectivity index is 1.93. The fourth-order valence-corrected chi connectivity index (χ4v) is 3.54. The molecule has 1 amide bonds. The lowest BCUT2D eigenvalue weighted by molar-refractivity contribution is 0.0696. The minimum absolute atomic E-state index is 0.00183. The minimum Gasteiger partial charge on any atom is -0.478 e. The maximum atomic E-state index is 12.6. The van der Waals surface area contributed by atoms with Crippen molar-refractivity contribution in [3.63, 3.8) is 0 Å². The lowest BCUT2D eigenvalue weighted by atomic mass is 10.1. The molecule has 2 aromatic rings. The highest BCUT2D eigenvalue weighted by Crippen LogP contribution is 2.32. The first kappa shape index (κ1) is 13.8. The third kappa shape index (κ3) is 2.34. The number of aromatic carboxylic acids is 1. The summed E-state index contributed by atoms with van der Waals surface area (Å²) >= 11 is 1.51.